The first-order valence-electron chi connectivity index (χ1n) is 3.64. The molecule has 0 fully saturated rings. The van der Waals surface area contributed by atoms with Crippen molar-refractivity contribution in [2.75, 3.05) is 11.1 Å². The summed E-state index contributed by atoms with van der Waals surface area (Å²) in [5, 5.41) is 0.405. The van der Waals surface area contributed by atoms with Gasteiger partial charge in [0.1, 0.15) is 5.78 Å². The van der Waals surface area contributed by atoms with Crippen molar-refractivity contribution in [1.29, 1.82) is 0 Å². The highest BCUT2D eigenvalue weighted by Gasteiger charge is 2.00. The summed E-state index contributed by atoms with van der Waals surface area (Å²) in [4.78, 5) is 11.0. The zero-order chi connectivity index (χ0) is 8.97. The van der Waals surface area contributed by atoms with Crippen LogP contribution in [0.3, 0.4) is 0 Å². The van der Waals surface area contributed by atoms with Crippen molar-refractivity contribution in [3.05, 3.63) is 29.8 Å². The van der Waals surface area contributed by atoms with Crippen LogP contribution >= 0.6 is 15.9 Å². The Bertz CT molecular complexity index is 286. The fourth-order valence-electron chi connectivity index (χ4n) is 0.978. The smallest absolute Gasteiger partial charge is 0.147 e. The Morgan fingerprint density at radius 1 is 1.50 bits per heavy atom. The van der Waals surface area contributed by atoms with Gasteiger partial charge in [0.15, 0.2) is 0 Å². The average Bonchev–Trinajstić information content (AvgIpc) is 2.04. The molecule has 1 aromatic rings. The molecule has 1 rings (SSSR count). The van der Waals surface area contributed by atoms with Crippen molar-refractivity contribution in [3.63, 3.8) is 0 Å². The summed E-state index contributed by atoms with van der Waals surface area (Å²) >= 11 is 3.11. The van der Waals surface area contributed by atoms with E-state index in [4.69, 9.17) is 5.73 Å². The molecule has 64 valence electrons. The Balaban J connectivity index is 2.69. The summed E-state index contributed by atoms with van der Waals surface area (Å²) in [6, 6.07) is 7.38. The first kappa shape index (κ1) is 9.26. The van der Waals surface area contributed by atoms with Crippen molar-refractivity contribution in [2.24, 2.45) is 0 Å². The normalized spacial score (nSPS) is 9.75. The summed E-state index contributed by atoms with van der Waals surface area (Å²) in [6.45, 7) is 0. The van der Waals surface area contributed by atoms with E-state index in [9.17, 15) is 4.79 Å². The molecule has 0 radical (unpaired) electrons. The zero-order valence-corrected chi connectivity index (χ0v) is 8.17. The van der Waals surface area contributed by atoms with Gasteiger partial charge in [0, 0.05) is 12.1 Å². The molecule has 0 aliphatic heterocycles. The molecule has 0 bridgehead atoms. The molecular formula is C9H10BrNO. The minimum atomic E-state index is 0.167. The molecule has 0 amide bonds. The lowest BCUT2D eigenvalue weighted by atomic mass is 10.1. The van der Waals surface area contributed by atoms with Crippen molar-refractivity contribution in [2.45, 2.75) is 6.42 Å². The van der Waals surface area contributed by atoms with Crippen LogP contribution in [0.2, 0.25) is 0 Å². The van der Waals surface area contributed by atoms with E-state index in [1.54, 1.807) is 0 Å². The fourth-order valence-corrected chi connectivity index (χ4v) is 1.18. The fraction of sp³-hybridized carbons (Fsp3) is 0.222. The van der Waals surface area contributed by atoms with Crippen LogP contribution in [0.25, 0.3) is 0 Å². The molecule has 2 N–H and O–H groups in total. The van der Waals surface area contributed by atoms with E-state index < -0.39 is 0 Å². The Morgan fingerprint density at radius 3 is 2.83 bits per heavy atom. The number of nitrogen functional groups attached to an aromatic ring is 1. The molecular weight excluding hydrogens is 218 g/mol. The molecule has 0 aliphatic carbocycles. The number of nitrogens with two attached hydrogens (primary N) is 1. The molecule has 0 aromatic heterocycles. The van der Waals surface area contributed by atoms with Gasteiger partial charge in [0.05, 0.1) is 5.33 Å². The third-order valence-electron chi connectivity index (χ3n) is 1.50. The highest BCUT2D eigenvalue weighted by atomic mass is 79.9. The van der Waals surface area contributed by atoms with Crippen LogP contribution in [-0.2, 0) is 11.2 Å². The maximum atomic E-state index is 11.0. The predicted octanol–water partition coefficient (Wildman–Crippen LogP) is 1.78. The first-order chi connectivity index (χ1) is 5.72. The van der Waals surface area contributed by atoms with E-state index in [0.29, 0.717) is 17.4 Å². The van der Waals surface area contributed by atoms with Crippen LogP contribution in [0.1, 0.15) is 5.56 Å². The van der Waals surface area contributed by atoms with Crippen LogP contribution in [0, 0.1) is 0 Å². The van der Waals surface area contributed by atoms with Gasteiger partial charge >= 0.3 is 0 Å². The van der Waals surface area contributed by atoms with Crippen molar-refractivity contribution in [1.82, 2.24) is 0 Å². The van der Waals surface area contributed by atoms with Gasteiger partial charge < -0.3 is 5.73 Å². The molecule has 0 unspecified atom stereocenters. The van der Waals surface area contributed by atoms with Gasteiger partial charge in [-0.25, -0.2) is 0 Å². The summed E-state index contributed by atoms with van der Waals surface area (Å²) in [5.41, 5.74) is 7.23. The number of rotatable bonds is 3. The molecule has 12 heavy (non-hydrogen) atoms. The van der Waals surface area contributed by atoms with E-state index in [1.165, 1.54) is 0 Å². The van der Waals surface area contributed by atoms with E-state index in [-0.39, 0.29) is 5.78 Å². The highest BCUT2D eigenvalue weighted by molar-refractivity contribution is 9.09. The summed E-state index contributed by atoms with van der Waals surface area (Å²) in [5.74, 6) is 0.167. The number of Topliss-reactive ketones (excluding diaryl/α,β-unsaturated/α-hetero) is 1. The maximum Gasteiger partial charge on any atom is 0.147 e. The molecule has 0 saturated heterocycles. The monoisotopic (exact) mass is 227 g/mol. The molecule has 0 spiro atoms. The van der Waals surface area contributed by atoms with E-state index in [2.05, 4.69) is 15.9 Å². The quantitative estimate of drug-likeness (QED) is 0.632. The number of halogens is 1. The number of hydrogen-bond donors (Lipinski definition) is 1. The second-order valence-electron chi connectivity index (χ2n) is 2.59. The number of ketones is 1. The van der Waals surface area contributed by atoms with E-state index in [0.717, 1.165) is 5.56 Å². The Hall–Kier alpha value is -0.830. The third-order valence-corrected chi connectivity index (χ3v) is 2.13. The molecule has 2 nitrogen and oxygen atoms in total. The summed E-state index contributed by atoms with van der Waals surface area (Å²) < 4.78 is 0. The lowest BCUT2D eigenvalue weighted by Gasteiger charge is -1.99. The number of carbonyl (C=O) groups is 1. The number of carbonyl (C=O) groups excluding carboxylic acids is 1. The molecule has 0 atom stereocenters. The number of hydrogen-bond acceptors (Lipinski definition) is 2. The predicted molar refractivity (Wildman–Crippen MR) is 53.4 cm³/mol. The van der Waals surface area contributed by atoms with Gasteiger partial charge in [-0.2, -0.15) is 0 Å². The van der Waals surface area contributed by atoms with Gasteiger partial charge in [-0.05, 0) is 17.7 Å². The van der Waals surface area contributed by atoms with Crippen LogP contribution in [0.15, 0.2) is 24.3 Å². The van der Waals surface area contributed by atoms with E-state index >= 15 is 0 Å². The topological polar surface area (TPSA) is 43.1 Å². The summed E-state index contributed by atoms with van der Waals surface area (Å²) in [6.07, 6.45) is 0.455. The largest absolute Gasteiger partial charge is 0.399 e. The van der Waals surface area contributed by atoms with Gasteiger partial charge in [-0.15, -0.1) is 0 Å². The first-order valence-corrected chi connectivity index (χ1v) is 4.76. The lowest BCUT2D eigenvalue weighted by Crippen LogP contribution is -2.03. The van der Waals surface area contributed by atoms with Crippen LogP contribution < -0.4 is 5.73 Å². The van der Waals surface area contributed by atoms with Gasteiger partial charge in [0.2, 0.25) is 0 Å². The van der Waals surface area contributed by atoms with Gasteiger partial charge in [-0.3, -0.25) is 4.79 Å². The molecule has 1 aromatic carbocycles. The minimum absolute atomic E-state index is 0.167. The van der Waals surface area contributed by atoms with Crippen molar-refractivity contribution in [3.8, 4) is 0 Å². The average molecular weight is 228 g/mol. The Labute approximate surface area is 79.9 Å². The second-order valence-corrected chi connectivity index (χ2v) is 3.15. The zero-order valence-electron chi connectivity index (χ0n) is 6.59. The van der Waals surface area contributed by atoms with Crippen molar-refractivity contribution >= 4 is 27.4 Å². The van der Waals surface area contributed by atoms with E-state index in [1.807, 2.05) is 24.3 Å². The van der Waals surface area contributed by atoms with Gasteiger partial charge in [-0.1, -0.05) is 28.1 Å². The van der Waals surface area contributed by atoms with Crippen LogP contribution in [0.5, 0.6) is 0 Å². The van der Waals surface area contributed by atoms with Gasteiger partial charge in [0.25, 0.3) is 0 Å². The standard InChI is InChI=1S/C9H10BrNO/c10-6-9(12)5-7-2-1-3-8(11)4-7/h1-4H,5-6,11H2. The third kappa shape index (κ3) is 2.66. The Morgan fingerprint density at radius 2 is 2.25 bits per heavy atom. The number of benzene rings is 1. The molecule has 0 aliphatic rings. The highest BCUT2D eigenvalue weighted by Crippen LogP contribution is 2.07. The number of anilines is 1. The second kappa shape index (κ2) is 4.26. The van der Waals surface area contributed by atoms with Crippen LogP contribution in [-0.4, -0.2) is 11.1 Å². The molecule has 0 saturated carbocycles. The van der Waals surface area contributed by atoms with Crippen molar-refractivity contribution < 1.29 is 4.79 Å². The summed E-state index contributed by atoms with van der Waals surface area (Å²) in [7, 11) is 0. The number of alkyl halides is 1. The maximum absolute atomic E-state index is 11.0. The Kier molecular flexibility index (Phi) is 3.29. The van der Waals surface area contributed by atoms with Crippen LogP contribution in [0.4, 0.5) is 5.69 Å². The molecule has 3 heteroatoms. The minimum Gasteiger partial charge on any atom is -0.399 e. The molecule has 0 heterocycles. The SMILES string of the molecule is Nc1cccc(CC(=O)CBr)c1. The lowest BCUT2D eigenvalue weighted by molar-refractivity contribution is -0.115.